The minimum absolute atomic E-state index is 0.312. The van der Waals surface area contributed by atoms with E-state index in [0.29, 0.717) is 11.1 Å². The van der Waals surface area contributed by atoms with Crippen molar-refractivity contribution in [1.29, 1.82) is 0 Å². The number of nitrogens with zero attached hydrogens (tertiary/aromatic N) is 1. The number of non-ortho nitro benzene ring substituents is 1. The van der Waals surface area contributed by atoms with Crippen molar-refractivity contribution in [3.05, 3.63) is 69.5 Å². The van der Waals surface area contributed by atoms with Crippen LogP contribution in [0.1, 0.15) is 15.9 Å². The Bertz CT molecular complexity index is 807. The van der Waals surface area contributed by atoms with Crippen LogP contribution in [0.25, 0.3) is 0 Å². The summed E-state index contributed by atoms with van der Waals surface area (Å²) in [7, 11) is 0. The molecule has 7 nitrogen and oxygen atoms in total. The third kappa shape index (κ3) is 4.13. The second-order valence-corrected chi connectivity index (χ2v) is 4.86. The Morgan fingerprint density at radius 3 is 2.62 bits per heavy atom. The summed E-state index contributed by atoms with van der Waals surface area (Å²) in [6, 6.07) is 9.41. The number of halogens is 1. The van der Waals surface area contributed by atoms with Crippen molar-refractivity contribution in [3.63, 3.8) is 0 Å². The van der Waals surface area contributed by atoms with Crippen molar-refractivity contribution < 1.29 is 23.6 Å². The molecule has 0 fully saturated rings. The number of hydrogen-bond acceptors (Lipinski definition) is 5. The third-order valence-electron chi connectivity index (χ3n) is 3.13. The Kier molecular flexibility index (Phi) is 5.20. The average Bonchev–Trinajstić information content (AvgIpc) is 2.55. The maximum Gasteiger partial charge on any atom is 0.338 e. The van der Waals surface area contributed by atoms with E-state index in [1.54, 1.807) is 31.2 Å². The Balaban J connectivity index is 1.99. The zero-order valence-corrected chi connectivity index (χ0v) is 12.6. The van der Waals surface area contributed by atoms with E-state index in [0.717, 1.165) is 18.2 Å². The van der Waals surface area contributed by atoms with Crippen LogP contribution in [-0.2, 0) is 9.53 Å². The van der Waals surface area contributed by atoms with Gasteiger partial charge in [-0.3, -0.25) is 14.9 Å². The lowest BCUT2D eigenvalue weighted by Crippen LogP contribution is -2.21. The topological polar surface area (TPSA) is 98.5 Å². The molecule has 2 aromatic rings. The summed E-state index contributed by atoms with van der Waals surface area (Å²) in [5, 5.41) is 12.8. The molecule has 0 radical (unpaired) electrons. The van der Waals surface area contributed by atoms with Gasteiger partial charge in [0.1, 0.15) is 5.82 Å². The number of nitrogens with one attached hydrogen (secondary N) is 1. The second kappa shape index (κ2) is 7.32. The predicted octanol–water partition coefficient (Wildman–Crippen LogP) is 2.84. The molecule has 0 heterocycles. The summed E-state index contributed by atoms with van der Waals surface area (Å²) < 4.78 is 18.4. The maximum atomic E-state index is 13.6. The van der Waals surface area contributed by atoms with Gasteiger partial charge in [0.2, 0.25) is 0 Å². The van der Waals surface area contributed by atoms with Crippen molar-refractivity contribution in [3.8, 4) is 0 Å². The van der Waals surface area contributed by atoms with Crippen molar-refractivity contribution in [2.24, 2.45) is 0 Å². The van der Waals surface area contributed by atoms with Crippen molar-refractivity contribution in [2.75, 3.05) is 11.9 Å². The molecule has 0 atom stereocenters. The smallest absolute Gasteiger partial charge is 0.338 e. The third-order valence-corrected chi connectivity index (χ3v) is 3.13. The molecule has 0 aliphatic rings. The number of ether oxygens (including phenoxy) is 1. The minimum atomic E-state index is -0.834. The zero-order valence-electron chi connectivity index (χ0n) is 12.6. The van der Waals surface area contributed by atoms with Crippen LogP contribution in [0, 0.1) is 22.9 Å². The van der Waals surface area contributed by atoms with Gasteiger partial charge in [0.15, 0.2) is 6.61 Å². The van der Waals surface area contributed by atoms with E-state index in [2.05, 4.69) is 5.32 Å². The lowest BCUT2D eigenvalue weighted by Gasteiger charge is -2.08. The lowest BCUT2D eigenvalue weighted by molar-refractivity contribution is -0.384. The Morgan fingerprint density at radius 1 is 1.25 bits per heavy atom. The first kappa shape index (κ1) is 17.1. The molecule has 1 N–H and O–H groups in total. The summed E-state index contributed by atoms with van der Waals surface area (Å²) in [5.74, 6) is -2.33. The first-order valence-corrected chi connectivity index (χ1v) is 6.85. The average molecular weight is 332 g/mol. The molecule has 0 saturated heterocycles. The Labute approximate surface area is 136 Å². The van der Waals surface area contributed by atoms with Crippen LogP contribution in [-0.4, -0.2) is 23.4 Å². The maximum absolute atomic E-state index is 13.6. The van der Waals surface area contributed by atoms with Gasteiger partial charge in [-0.05, 0) is 24.6 Å². The summed E-state index contributed by atoms with van der Waals surface area (Å²) in [6.07, 6.45) is 0. The van der Waals surface area contributed by atoms with Crippen LogP contribution in [0.2, 0.25) is 0 Å². The number of nitro benzene ring substituents is 1. The number of carbonyl (C=O) groups excluding carboxylic acids is 2. The number of anilines is 1. The van der Waals surface area contributed by atoms with E-state index in [1.165, 1.54) is 0 Å². The first-order chi connectivity index (χ1) is 11.4. The molecule has 2 aromatic carbocycles. The van der Waals surface area contributed by atoms with Crippen LogP contribution in [0.4, 0.5) is 15.8 Å². The largest absolute Gasteiger partial charge is 0.452 e. The first-order valence-electron chi connectivity index (χ1n) is 6.85. The number of aryl methyl sites for hydroxylation is 1. The van der Waals surface area contributed by atoms with Crippen LogP contribution in [0.3, 0.4) is 0 Å². The van der Waals surface area contributed by atoms with Gasteiger partial charge < -0.3 is 10.1 Å². The number of esters is 1. The molecule has 0 saturated carbocycles. The highest BCUT2D eigenvalue weighted by molar-refractivity contribution is 5.96. The van der Waals surface area contributed by atoms with E-state index in [1.807, 2.05) is 0 Å². The van der Waals surface area contributed by atoms with Crippen molar-refractivity contribution in [1.82, 2.24) is 0 Å². The van der Waals surface area contributed by atoms with Gasteiger partial charge in [0.25, 0.3) is 11.6 Å². The molecule has 0 aliphatic carbocycles. The van der Waals surface area contributed by atoms with E-state index in [9.17, 15) is 24.1 Å². The van der Waals surface area contributed by atoms with Crippen LogP contribution < -0.4 is 5.32 Å². The number of benzene rings is 2. The van der Waals surface area contributed by atoms with Gasteiger partial charge in [0, 0.05) is 12.1 Å². The lowest BCUT2D eigenvalue weighted by atomic mass is 10.1. The molecule has 8 heteroatoms. The minimum Gasteiger partial charge on any atom is -0.452 e. The summed E-state index contributed by atoms with van der Waals surface area (Å²) in [4.78, 5) is 33.5. The monoisotopic (exact) mass is 332 g/mol. The van der Waals surface area contributed by atoms with Gasteiger partial charge in [-0.2, -0.15) is 0 Å². The fourth-order valence-electron chi connectivity index (χ4n) is 1.92. The molecule has 0 spiro atoms. The van der Waals surface area contributed by atoms with E-state index >= 15 is 0 Å². The molecule has 24 heavy (non-hydrogen) atoms. The highest BCUT2D eigenvalue weighted by Gasteiger charge is 2.15. The highest BCUT2D eigenvalue weighted by Crippen LogP contribution is 2.21. The molecule has 0 aromatic heterocycles. The molecule has 2 rings (SSSR count). The summed E-state index contributed by atoms with van der Waals surface area (Å²) in [6.45, 7) is 1.07. The van der Waals surface area contributed by atoms with E-state index in [-0.39, 0.29) is 11.4 Å². The normalized spacial score (nSPS) is 10.1. The zero-order chi connectivity index (χ0) is 17.7. The SMILES string of the molecule is Cc1ccccc1C(=O)OCC(=O)Nc1cc([N+](=O)[O-])ccc1F. The van der Waals surface area contributed by atoms with Gasteiger partial charge in [-0.25, -0.2) is 9.18 Å². The second-order valence-electron chi connectivity index (χ2n) is 4.86. The molecule has 1 amide bonds. The number of hydrogen-bond donors (Lipinski definition) is 1. The number of amides is 1. The number of rotatable bonds is 5. The van der Waals surface area contributed by atoms with Gasteiger partial charge >= 0.3 is 5.97 Å². The van der Waals surface area contributed by atoms with E-state index < -0.39 is 29.2 Å². The van der Waals surface area contributed by atoms with Crippen molar-refractivity contribution >= 4 is 23.3 Å². The van der Waals surface area contributed by atoms with Gasteiger partial charge in [-0.1, -0.05) is 18.2 Å². The molecule has 124 valence electrons. The number of carbonyl (C=O) groups is 2. The fraction of sp³-hybridized carbons (Fsp3) is 0.125. The van der Waals surface area contributed by atoms with Gasteiger partial charge in [0.05, 0.1) is 16.2 Å². The highest BCUT2D eigenvalue weighted by atomic mass is 19.1. The molecular formula is C16H13FN2O5. The number of nitro groups is 1. The predicted molar refractivity (Wildman–Crippen MR) is 83.1 cm³/mol. The summed E-state index contributed by atoms with van der Waals surface area (Å²) >= 11 is 0. The van der Waals surface area contributed by atoms with Crippen LogP contribution in [0.5, 0.6) is 0 Å². The molecule has 0 unspecified atom stereocenters. The van der Waals surface area contributed by atoms with Crippen LogP contribution in [0.15, 0.2) is 42.5 Å². The Morgan fingerprint density at radius 2 is 1.96 bits per heavy atom. The quantitative estimate of drug-likeness (QED) is 0.516. The molecule has 0 bridgehead atoms. The summed E-state index contributed by atoms with van der Waals surface area (Å²) in [5.41, 5.74) is 0.268. The molecule has 0 aliphatic heterocycles. The fourth-order valence-corrected chi connectivity index (χ4v) is 1.92. The van der Waals surface area contributed by atoms with E-state index in [4.69, 9.17) is 4.74 Å². The molecular weight excluding hydrogens is 319 g/mol. The van der Waals surface area contributed by atoms with Crippen molar-refractivity contribution in [2.45, 2.75) is 6.92 Å². The standard InChI is InChI=1S/C16H13FN2O5/c1-10-4-2-3-5-12(10)16(21)24-9-15(20)18-14-8-11(19(22)23)6-7-13(14)17/h2-8H,9H2,1H3,(H,18,20). The van der Waals surface area contributed by atoms with Gasteiger partial charge in [-0.15, -0.1) is 0 Å². The Hall–Kier alpha value is -3.29. The van der Waals surface area contributed by atoms with Crippen LogP contribution >= 0.6 is 0 Å².